The van der Waals surface area contributed by atoms with E-state index in [1.807, 2.05) is 0 Å². The Balaban J connectivity index is 2.77. The number of carboxylic acids is 1. The van der Waals surface area contributed by atoms with E-state index in [-0.39, 0.29) is 28.7 Å². The van der Waals surface area contributed by atoms with Crippen LogP contribution in [-0.4, -0.2) is 22.1 Å². The lowest BCUT2D eigenvalue weighted by atomic mass is 10.1. The van der Waals surface area contributed by atoms with E-state index in [9.17, 15) is 4.79 Å². The Morgan fingerprint density at radius 1 is 1.67 bits per heavy atom. The van der Waals surface area contributed by atoms with Crippen molar-refractivity contribution in [2.24, 2.45) is 5.73 Å². The van der Waals surface area contributed by atoms with Crippen molar-refractivity contribution < 1.29 is 18.1 Å². The summed E-state index contributed by atoms with van der Waals surface area (Å²) in [6.45, 7) is 0. The van der Waals surface area contributed by atoms with Crippen LogP contribution in [-0.2, 0) is 11.2 Å². The van der Waals surface area contributed by atoms with Crippen LogP contribution < -0.4 is 5.73 Å². The molecule has 2 rings (SSSR count). The fraction of sp³-hybridized carbons (Fsp3) is 0.182. The van der Waals surface area contributed by atoms with Gasteiger partial charge in [0.15, 0.2) is 0 Å². The van der Waals surface area contributed by atoms with E-state index in [4.69, 9.17) is 19.1 Å². The molecule has 4 heteroatoms. The van der Waals surface area contributed by atoms with E-state index in [0.29, 0.717) is 0 Å². The van der Waals surface area contributed by atoms with Crippen LogP contribution in [0.1, 0.15) is 13.8 Å². The lowest BCUT2D eigenvalue weighted by Gasteiger charge is -2.04. The Labute approximate surface area is 95.1 Å². The number of hydrogen-bond acceptors (Lipinski definition) is 2. The predicted molar refractivity (Wildman–Crippen MR) is 57.6 cm³/mol. The van der Waals surface area contributed by atoms with Gasteiger partial charge in [-0.05, 0) is 11.6 Å². The lowest BCUT2D eigenvalue weighted by Crippen LogP contribution is -2.32. The quantitative estimate of drug-likeness (QED) is 0.710. The number of carboxylic acid groups (broad SMARTS) is 1. The first kappa shape index (κ1) is 4.81. The largest absolute Gasteiger partial charge is 0.480 e. The van der Waals surface area contributed by atoms with Crippen molar-refractivity contribution in [2.75, 3.05) is 0 Å². The molecule has 0 radical (unpaired) electrons. The third-order valence-corrected chi connectivity index (χ3v) is 1.97. The van der Waals surface area contributed by atoms with Crippen LogP contribution in [0.2, 0.25) is 0 Å². The standard InChI is InChI=1S/C11H12N2O2/c12-9(11(14)15)5-7-6-13-10-4-2-1-3-8(7)10/h1-4,6,9,13H,5,12H2,(H,14,15)/i1D,2D,3D,4D,6D,9D. The first-order chi connectivity index (χ1) is 9.58. The summed E-state index contributed by atoms with van der Waals surface area (Å²) in [6.07, 6.45) is -0.830. The lowest BCUT2D eigenvalue weighted by molar-refractivity contribution is -0.138. The van der Waals surface area contributed by atoms with Gasteiger partial charge in [0.2, 0.25) is 0 Å². The maximum atomic E-state index is 10.9. The number of rotatable bonds is 3. The van der Waals surface area contributed by atoms with Crippen molar-refractivity contribution in [3.8, 4) is 0 Å². The molecule has 15 heavy (non-hydrogen) atoms. The highest BCUT2D eigenvalue weighted by Crippen LogP contribution is 2.18. The van der Waals surface area contributed by atoms with Crippen LogP contribution in [0.25, 0.3) is 10.9 Å². The number of fused-ring (bicyclic) bond motifs is 1. The topological polar surface area (TPSA) is 79.1 Å². The molecule has 1 heterocycles. The van der Waals surface area contributed by atoms with Crippen LogP contribution in [0.4, 0.5) is 0 Å². The van der Waals surface area contributed by atoms with Gasteiger partial charge in [0.25, 0.3) is 0 Å². The fourth-order valence-corrected chi connectivity index (χ4v) is 1.23. The second kappa shape index (κ2) is 3.74. The summed E-state index contributed by atoms with van der Waals surface area (Å²) in [5, 5.41) is 8.89. The number of aromatic amines is 1. The van der Waals surface area contributed by atoms with Gasteiger partial charge in [0.05, 0.1) is 8.22 Å². The molecule has 1 atom stereocenters. The van der Waals surface area contributed by atoms with Crippen molar-refractivity contribution in [1.29, 1.82) is 0 Å². The summed E-state index contributed by atoms with van der Waals surface area (Å²) in [6, 6.07) is -4.08. The SMILES string of the molecule is [2H]c1[nH]c2c([2H])c([2H])c([2H])c([2H])c2c1CC([2H])(N)C(=O)O. The Morgan fingerprint density at radius 3 is 3.13 bits per heavy atom. The van der Waals surface area contributed by atoms with Gasteiger partial charge >= 0.3 is 5.97 Å². The summed E-state index contributed by atoms with van der Waals surface area (Å²) in [4.78, 5) is 13.4. The number of hydrogen-bond donors (Lipinski definition) is 3. The van der Waals surface area contributed by atoms with Gasteiger partial charge in [-0.3, -0.25) is 4.79 Å². The molecule has 0 amide bonds. The van der Waals surface area contributed by atoms with Crippen molar-refractivity contribution >= 4 is 16.9 Å². The number of H-pyrrole nitrogens is 1. The number of nitrogens with one attached hydrogen (secondary N) is 1. The molecule has 0 fully saturated rings. The van der Waals surface area contributed by atoms with Gasteiger partial charge in [-0.15, -0.1) is 0 Å². The second-order valence-electron chi connectivity index (χ2n) is 2.99. The smallest absolute Gasteiger partial charge is 0.320 e. The third-order valence-electron chi connectivity index (χ3n) is 1.97. The molecular formula is C11H12N2O2. The Hall–Kier alpha value is -1.81. The number of carbonyl (C=O) groups is 1. The summed E-state index contributed by atoms with van der Waals surface area (Å²) in [5.41, 5.74) is 5.33. The van der Waals surface area contributed by atoms with Gasteiger partial charge in [0, 0.05) is 23.5 Å². The third kappa shape index (κ3) is 1.85. The molecule has 4 N–H and O–H groups in total. The molecule has 1 aromatic carbocycles. The minimum absolute atomic E-state index is 0.00203. The first-order valence-corrected chi connectivity index (χ1v) is 4.17. The molecule has 0 saturated carbocycles. The van der Waals surface area contributed by atoms with Gasteiger partial charge in [-0.25, -0.2) is 0 Å². The molecule has 0 aliphatic carbocycles. The molecule has 1 unspecified atom stereocenters. The maximum absolute atomic E-state index is 10.9. The van der Waals surface area contributed by atoms with E-state index in [1.165, 1.54) is 0 Å². The Kier molecular flexibility index (Phi) is 1.20. The minimum Gasteiger partial charge on any atom is -0.480 e. The number of nitrogens with two attached hydrogens (primary N) is 1. The summed E-state index contributed by atoms with van der Waals surface area (Å²) in [5.74, 6) is -1.59. The molecule has 0 bridgehead atoms. The van der Waals surface area contributed by atoms with E-state index < -0.39 is 36.5 Å². The second-order valence-corrected chi connectivity index (χ2v) is 2.99. The monoisotopic (exact) mass is 210 g/mol. The molecular weight excluding hydrogens is 192 g/mol. The van der Waals surface area contributed by atoms with E-state index in [2.05, 4.69) is 4.98 Å². The van der Waals surface area contributed by atoms with Gasteiger partial charge in [0.1, 0.15) is 6.02 Å². The van der Waals surface area contributed by atoms with Crippen LogP contribution in [0, 0.1) is 0 Å². The van der Waals surface area contributed by atoms with Gasteiger partial charge in [-0.1, -0.05) is 18.1 Å². The summed E-state index contributed by atoms with van der Waals surface area (Å²) in [7, 11) is 0. The van der Waals surface area contributed by atoms with Crippen LogP contribution >= 0.6 is 0 Å². The van der Waals surface area contributed by atoms with Gasteiger partial charge in [-0.2, -0.15) is 0 Å². The predicted octanol–water partition coefficient (Wildman–Crippen LogP) is 1.12. The molecule has 4 nitrogen and oxygen atoms in total. The highest BCUT2D eigenvalue weighted by atomic mass is 16.4. The molecule has 0 aliphatic heterocycles. The average molecular weight is 210 g/mol. The summed E-state index contributed by atoms with van der Waals surface area (Å²) >= 11 is 0. The van der Waals surface area contributed by atoms with E-state index in [0.717, 1.165) is 0 Å². The Morgan fingerprint density at radius 2 is 2.40 bits per heavy atom. The van der Waals surface area contributed by atoms with Crippen LogP contribution in [0.3, 0.4) is 0 Å². The number of para-hydroxylation sites is 1. The number of benzene rings is 1. The first-order valence-electron chi connectivity index (χ1n) is 7.17. The zero-order valence-electron chi connectivity index (χ0n) is 13.6. The number of aliphatic carboxylic acids is 1. The van der Waals surface area contributed by atoms with Crippen molar-refractivity contribution in [3.05, 3.63) is 35.9 Å². The molecule has 0 saturated heterocycles. The van der Waals surface area contributed by atoms with Crippen molar-refractivity contribution in [1.82, 2.24) is 4.98 Å². The molecule has 0 spiro atoms. The molecule has 78 valence electrons. The average Bonchev–Trinajstić information content (AvgIpc) is 2.71. The normalized spacial score (nSPS) is 20.6. The minimum atomic E-state index is -2.39. The van der Waals surface area contributed by atoms with Crippen LogP contribution in [0.5, 0.6) is 0 Å². The van der Waals surface area contributed by atoms with Gasteiger partial charge < -0.3 is 15.8 Å². The zero-order valence-corrected chi connectivity index (χ0v) is 7.64. The fourth-order valence-electron chi connectivity index (χ4n) is 1.23. The molecule has 1 aromatic heterocycles. The Bertz CT molecular complexity index is 755. The van der Waals surface area contributed by atoms with Crippen molar-refractivity contribution in [2.45, 2.75) is 12.4 Å². The van der Waals surface area contributed by atoms with E-state index >= 15 is 0 Å². The highest BCUT2D eigenvalue weighted by molar-refractivity contribution is 5.84. The van der Waals surface area contributed by atoms with Crippen molar-refractivity contribution in [3.63, 3.8) is 0 Å². The molecule has 0 aliphatic rings. The highest BCUT2D eigenvalue weighted by Gasteiger charge is 2.14. The summed E-state index contributed by atoms with van der Waals surface area (Å²) < 4.78 is 46.1. The maximum Gasteiger partial charge on any atom is 0.320 e. The zero-order chi connectivity index (χ0) is 16.1. The number of aromatic nitrogens is 1. The molecule has 2 aromatic rings. The van der Waals surface area contributed by atoms with E-state index in [1.54, 1.807) is 0 Å². The van der Waals surface area contributed by atoms with Crippen LogP contribution in [0.15, 0.2) is 30.3 Å².